The van der Waals surface area contributed by atoms with E-state index in [0.29, 0.717) is 11.5 Å². The Bertz CT molecular complexity index is 822. The van der Waals surface area contributed by atoms with E-state index < -0.39 is 10.0 Å². The van der Waals surface area contributed by atoms with Crippen LogP contribution in [0.15, 0.2) is 70.4 Å². The zero-order valence-corrected chi connectivity index (χ0v) is 13.8. The predicted molar refractivity (Wildman–Crippen MR) is 87.3 cm³/mol. The van der Waals surface area contributed by atoms with Gasteiger partial charge in [0.15, 0.2) is 0 Å². The Morgan fingerprint density at radius 1 is 1.25 bits per heavy atom. The third-order valence-electron chi connectivity index (χ3n) is 3.55. The molecule has 24 heavy (non-hydrogen) atoms. The first-order valence-corrected chi connectivity index (χ1v) is 8.75. The molecule has 2 heterocycles. The van der Waals surface area contributed by atoms with Gasteiger partial charge in [0, 0.05) is 18.9 Å². The topological polar surface area (TPSA) is 86.4 Å². The molecule has 3 rings (SSSR count). The summed E-state index contributed by atoms with van der Waals surface area (Å²) in [7, 11) is -2.12. The SMILES string of the molecule is COc1ccc(S(=O)(=O)NCC(c2ccco2)n2cccn2)cc1. The maximum Gasteiger partial charge on any atom is 0.240 e. The van der Waals surface area contributed by atoms with E-state index in [2.05, 4.69) is 9.82 Å². The van der Waals surface area contributed by atoms with Crippen LogP contribution in [0.5, 0.6) is 5.75 Å². The predicted octanol–water partition coefficient (Wildman–Crippen LogP) is 2.05. The van der Waals surface area contributed by atoms with Gasteiger partial charge in [-0.1, -0.05) is 0 Å². The van der Waals surface area contributed by atoms with Gasteiger partial charge in [0.05, 0.1) is 18.3 Å². The molecule has 1 N–H and O–H groups in total. The van der Waals surface area contributed by atoms with Crippen molar-refractivity contribution in [1.82, 2.24) is 14.5 Å². The van der Waals surface area contributed by atoms with E-state index in [1.165, 1.54) is 19.2 Å². The maximum atomic E-state index is 12.5. The van der Waals surface area contributed by atoms with Crippen LogP contribution in [0, 0.1) is 0 Å². The summed E-state index contributed by atoms with van der Waals surface area (Å²) >= 11 is 0. The lowest BCUT2D eigenvalue weighted by Crippen LogP contribution is -2.31. The molecule has 0 saturated carbocycles. The molecule has 1 aromatic carbocycles. The van der Waals surface area contributed by atoms with Crippen LogP contribution in [-0.4, -0.2) is 31.9 Å². The first-order valence-electron chi connectivity index (χ1n) is 7.26. The Balaban J connectivity index is 1.78. The number of aromatic nitrogens is 2. The van der Waals surface area contributed by atoms with E-state index in [1.54, 1.807) is 53.7 Å². The van der Waals surface area contributed by atoms with Gasteiger partial charge >= 0.3 is 0 Å². The zero-order chi connectivity index (χ0) is 17.0. The minimum Gasteiger partial charge on any atom is -0.497 e. The Labute approximate surface area is 139 Å². The quantitative estimate of drug-likeness (QED) is 0.707. The van der Waals surface area contributed by atoms with E-state index in [0.717, 1.165) is 0 Å². The fourth-order valence-corrected chi connectivity index (χ4v) is 3.34. The number of nitrogens with one attached hydrogen (secondary N) is 1. The minimum atomic E-state index is -3.65. The summed E-state index contributed by atoms with van der Waals surface area (Å²) in [5.41, 5.74) is 0. The highest BCUT2D eigenvalue weighted by Crippen LogP contribution is 2.19. The van der Waals surface area contributed by atoms with Crippen LogP contribution in [0.1, 0.15) is 11.8 Å². The summed E-state index contributed by atoms with van der Waals surface area (Å²) in [5, 5.41) is 4.17. The van der Waals surface area contributed by atoms with Crippen molar-refractivity contribution in [1.29, 1.82) is 0 Å². The lowest BCUT2D eigenvalue weighted by atomic mass is 10.2. The lowest BCUT2D eigenvalue weighted by molar-refractivity contribution is 0.402. The summed E-state index contributed by atoms with van der Waals surface area (Å²) in [6, 6.07) is 11.1. The van der Waals surface area contributed by atoms with Crippen LogP contribution in [-0.2, 0) is 10.0 Å². The zero-order valence-electron chi connectivity index (χ0n) is 13.0. The van der Waals surface area contributed by atoms with Gasteiger partial charge in [-0.25, -0.2) is 13.1 Å². The summed E-state index contributed by atoms with van der Waals surface area (Å²) < 4.78 is 39.6. The molecule has 3 aromatic rings. The third-order valence-corrected chi connectivity index (χ3v) is 4.99. The van der Waals surface area contributed by atoms with Gasteiger partial charge in [0.1, 0.15) is 17.6 Å². The fourth-order valence-electron chi connectivity index (χ4n) is 2.30. The molecule has 7 nitrogen and oxygen atoms in total. The Hall–Kier alpha value is -2.58. The normalized spacial score (nSPS) is 12.9. The number of ether oxygens (including phenoxy) is 1. The van der Waals surface area contributed by atoms with Crippen molar-refractivity contribution in [2.45, 2.75) is 10.9 Å². The number of nitrogens with zero attached hydrogens (tertiary/aromatic N) is 2. The average Bonchev–Trinajstić information content (AvgIpc) is 3.29. The standard InChI is InChI=1S/C16H17N3O4S/c1-22-13-5-7-14(8-6-13)24(20,21)18-12-15(16-4-2-11-23-16)19-10-3-9-17-19/h2-11,15,18H,12H2,1H3. The van der Waals surface area contributed by atoms with Crippen molar-refractivity contribution in [3.63, 3.8) is 0 Å². The smallest absolute Gasteiger partial charge is 0.240 e. The molecule has 2 aromatic heterocycles. The molecule has 0 aliphatic heterocycles. The van der Waals surface area contributed by atoms with Crippen LogP contribution in [0.2, 0.25) is 0 Å². The molecule has 1 unspecified atom stereocenters. The third kappa shape index (κ3) is 3.50. The Morgan fingerprint density at radius 3 is 2.62 bits per heavy atom. The van der Waals surface area contributed by atoms with Crippen molar-refractivity contribution in [2.75, 3.05) is 13.7 Å². The summed E-state index contributed by atoms with van der Waals surface area (Å²) in [6.07, 6.45) is 4.94. The van der Waals surface area contributed by atoms with Gasteiger partial charge in [-0.3, -0.25) is 4.68 Å². The Morgan fingerprint density at radius 2 is 2.04 bits per heavy atom. The highest BCUT2D eigenvalue weighted by atomic mass is 32.2. The molecule has 0 spiro atoms. The van der Waals surface area contributed by atoms with E-state index in [-0.39, 0.29) is 17.5 Å². The Kier molecular flexibility index (Phi) is 4.68. The van der Waals surface area contributed by atoms with Gasteiger partial charge in [-0.15, -0.1) is 0 Å². The van der Waals surface area contributed by atoms with Crippen molar-refractivity contribution < 1.29 is 17.6 Å². The molecule has 0 aliphatic rings. The van der Waals surface area contributed by atoms with Crippen molar-refractivity contribution in [3.05, 3.63) is 66.9 Å². The van der Waals surface area contributed by atoms with E-state index in [4.69, 9.17) is 9.15 Å². The number of benzene rings is 1. The molecule has 1 atom stereocenters. The van der Waals surface area contributed by atoms with Crippen LogP contribution in [0.4, 0.5) is 0 Å². The second-order valence-electron chi connectivity index (χ2n) is 5.04. The summed E-state index contributed by atoms with van der Waals surface area (Å²) in [4.78, 5) is 0.168. The summed E-state index contributed by atoms with van der Waals surface area (Å²) in [6.45, 7) is 0.115. The monoisotopic (exact) mass is 347 g/mol. The first kappa shape index (κ1) is 16.3. The number of methoxy groups -OCH3 is 1. The molecule has 0 amide bonds. The summed E-state index contributed by atoms with van der Waals surface area (Å²) in [5.74, 6) is 1.22. The number of furan rings is 1. The molecule has 0 aliphatic carbocycles. The highest BCUT2D eigenvalue weighted by molar-refractivity contribution is 7.89. The van der Waals surface area contributed by atoms with Gasteiger partial charge in [-0.2, -0.15) is 5.10 Å². The number of sulfonamides is 1. The van der Waals surface area contributed by atoms with E-state index >= 15 is 0 Å². The number of hydrogen-bond acceptors (Lipinski definition) is 5. The molecule has 0 fully saturated rings. The highest BCUT2D eigenvalue weighted by Gasteiger charge is 2.21. The molecule has 0 bridgehead atoms. The van der Waals surface area contributed by atoms with Gasteiger partial charge < -0.3 is 9.15 Å². The molecule has 126 valence electrons. The number of hydrogen-bond donors (Lipinski definition) is 1. The minimum absolute atomic E-state index is 0.115. The van der Waals surface area contributed by atoms with Crippen LogP contribution in [0.25, 0.3) is 0 Å². The van der Waals surface area contributed by atoms with Gasteiger partial charge in [0.2, 0.25) is 10.0 Å². The van der Waals surface area contributed by atoms with Crippen molar-refractivity contribution in [2.24, 2.45) is 0 Å². The van der Waals surface area contributed by atoms with Crippen molar-refractivity contribution >= 4 is 10.0 Å². The van der Waals surface area contributed by atoms with Crippen LogP contribution >= 0.6 is 0 Å². The molecule has 8 heteroatoms. The van der Waals surface area contributed by atoms with Gasteiger partial charge in [0.25, 0.3) is 0 Å². The van der Waals surface area contributed by atoms with Crippen molar-refractivity contribution in [3.8, 4) is 5.75 Å². The van der Waals surface area contributed by atoms with Gasteiger partial charge in [-0.05, 0) is 42.5 Å². The maximum absolute atomic E-state index is 12.5. The number of rotatable bonds is 7. The lowest BCUT2D eigenvalue weighted by Gasteiger charge is -2.16. The first-order chi connectivity index (χ1) is 11.6. The largest absolute Gasteiger partial charge is 0.497 e. The van der Waals surface area contributed by atoms with E-state index in [1.807, 2.05) is 0 Å². The fraction of sp³-hybridized carbons (Fsp3) is 0.188. The molecule has 0 radical (unpaired) electrons. The average molecular weight is 347 g/mol. The molecular formula is C16H17N3O4S. The van der Waals surface area contributed by atoms with Crippen LogP contribution in [0.3, 0.4) is 0 Å². The molecular weight excluding hydrogens is 330 g/mol. The second kappa shape index (κ2) is 6.90. The molecule has 0 saturated heterocycles. The second-order valence-corrected chi connectivity index (χ2v) is 6.81. The van der Waals surface area contributed by atoms with E-state index in [9.17, 15) is 8.42 Å². The van der Waals surface area contributed by atoms with Crippen LogP contribution < -0.4 is 9.46 Å².